The van der Waals surface area contributed by atoms with Gasteiger partial charge in [0.2, 0.25) is 0 Å². The Balaban J connectivity index is -0.000000117. The fraction of sp³-hybridized carbons (Fsp3) is 1.00. The Labute approximate surface area is 213 Å². The lowest BCUT2D eigenvalue weighted by atomic mass is 10.1. The number of nitrogens with one attached hydrogen (secondary N) is 1. The molecule has 0 aliphatic carbocycles. The van der Waals surface area contributed by atoms with Crippen LogP contribution in [0.1, 0.15) is 90.5 Å². The summed E-state index contributed by atoms with van der Waals surface area (Å²) in [7, 11) is 2.21. The van der Waals surface area contributed by atoms with Crippen molar-refractivity contribution in [3.8, 4) is 0 Å². The summed E-state index contributed by atoms with van der Waals surface area (Å²) in [5, 5.41) is 3.36. The standard InChI is InChI=1S/C10H22N2.C9H20N2.C5H13N.4CH4/c1-10(2)4-5-12-8-6-11(3)7-9-12;1-9(2)3-6-11-7-4-10-5-8-11;1-5(2)3-4-6;;;;/h10H,4-9H2,1-3H3;9-10H,3-8H2,1-2H3;5H,3-4,6H2,1-2H3;4*1H4. The van der Waals surface area contributed by atoms with E-state index in [1.807, 2.05) is 0 Å². The first-order chi connectivity index (χ1) is 13.7. The van der Waals surface area contributed by atoms with Gasteiger partial charge in [0, 0.05) is 52.4 Å². The SMILES string of the molecule is C.C.C.C.CC(C)CCN.CC(C)CCN1CCN(C)CC1.CC(C)CCN1CCNCC1. The summed E-state index contributed by atoms with van der Waals surface area (Å²) in [6.45, 7) is 26.8. The lowest BCUT2D eigenvalue weighted by molar-refractivity contribution is 0.148. The van der Waals surface area contributed by atoms with Crippen LogP contribution in [0.2, 0.25) is 0 Å². The molecule has 0 radical (unpaired) electrons. The van der Waals surface area contributed by atoms with Gasteiger partial charge in [-0.1, -0.05) is 71.2 Å². The van der Waals surface area contributed by atoms with E-state index in [-0.39, 0.29) is 29.7 Å². The Morgan fingerprint density at radius 2 is 0.970 bits per heavy atom. The zero-order chi connectivity index (χ0) is 22.1. The molecule has 2 rings (SSSR count). The van der Waals surface area contributed by atoms with E-state index in [0.29, 0.717) is 0 Å². The molecule has 2 saturated heterocycles. The maximum Gasteiger partial charge on any atom is 0.0110 e. The van der Waals surface area contributed by atoms with Crippen molar-refractivity contribution in [2.45, 2.75) is 90.5 Å². The first kappa shape index (κ1) is 42.9. The molecule has 0 bridgehead atoms. The second-order valence-electron chi connectivity index (χ2n) is 10.1. The summed E-state index contributed by atoms with van der Waals surface area (Å²) in [4.78, 5) is 7.54. The maximum absolute atomic E-state index is 5.23. The molecule has 0 aromatic carbocycles. The van der Waals surface area contributed by atoms with Crippen LogP contribution in [0.15, 0.2) is 0 Å². The molecule has 2 aliphatic rings. The van der Waals surface area contributed by atoms with E-state index in [9.17, 15) is 0 Å². The van der Waals surface area contributed by atoms with Crippen LogP contribution in [0, 0.1) is 17.8 Å². The highest BCUT2D eigenvalue weighted by atomic mass is 15.2. The first-order valence-corrected chi connectivity index (χ1v) is 12.3. The number of nitrogens with zero attached hydrogens (tertiary/aromatic N) is 3. The number of piperazine rings is 2. The van der Waals surface area contributed by atoms with E-state index in [1.54, 1.807) is 0 Å². The van der Waals surface area contributed by atoms with Gasteiger partial charge in [-0.05, 0) is 63.7 Å². The van der Waals surface area contributed by atoms with Crippen molar-refractivity contribution in [1.82, 2.24) is 20.0 Å². The summed E-state index contributed by atoms with van der Waals surface area (Å²) in [5.41, 5.74) is 5.23. The van der Waals surface area contributed by atoms with Crippen molar-refractivity contribution in [1.29, 1.82) is 0 Å². The predicted molar refractivity (Wildman–Crippen MR) is 158 cm³/mol. The molecule has 2 fully saturated rings. The average Bonchev–Trinajstić information content (AvgIpc) is 2.67. The molecule has 2 heterocycles. The van der Waals surface area contributed by atoms with Crippen LogP contribution in [-0.2, 0) is 0 Å². The summed E-state index contributed by atoms with van der Waals surface area (Å²) < 4.78 is 0. The molecule has 0 aromatic heterocycles. The monoisotopic (exact) mass is 478 g/mol. The quantitative estimate of drug-likeness (QED) is 0.466. The van der Waals surface area contributed by atoms with E-state index in [0.717, 1.165) is 30.7 Å². The number of likely N-dealkylation sites (N-methyl/N-ethyl adjacent to an activating group) is 1. The van der Waals surface area contributed by atoms with Gasteiger partial charge in [0.1, 0.15) is 0 Å². The minimum atomic E-state index is 0. The molecule has 0 saturated carbocycles. The second kappa shape index (κ2) is 28.0. The zero-order valence-corrected chi connectivity index (χ0v) is 21.1. The van der Waals surface area contributed by atoms with E-state index in [1.165, 1.54) is 78.3 Å². The number of hydrogen-bond acceptors (Lipinski definition) is 5. The highest BCUT2D eigenvalue weighted by Crippen LogP contribution is 2.05. The van der Waals surface area contributed by atoms with Gasteiger partial charge in [0.05, 0.1) is 0 Å². The minimum Gasteiger partial charge on any atom is -0.330 e. The third-order valence-corrected chi connectivity index (χ3v) is 5.59. The Hall–Kier alpha value is -0.200. The highest BCUT2D eigenvalue weighted by molar-refractivity contribution is 4.69. The molecule has 3 N–H and O–H groups in total. The third-order valence-electron chi connectivity index (χ3n) is 5.59. The normalized spacial score (nSPS) is 16.8. The predicted octanol–water partition coefficient (Wildman–Crippen LogP) is 5.75. The fourth-order valence-electron chi connectivity index (χ4n) is 3.22. The van der Waals surface area contributed by atoms with Crippen LogP contribution < -0.4 is 11.1 Å². The summed E-state index contributed by atoms with van der Waals surface area (Å²) in [6, 6.07) is 0. The second-order valence-corrected chi connectivity index (χ2v) is 10.1. The van der Waals surface area contributed by atoms with Crippen LogP contribution in [0.25, 0.3) is 0 Å². The van der Waals surface area contributed by atoms with Gasteiger partial charge in [0.15, 0.2) is 0 Å². The molecule has 0 atom stereocenters. The smallest absolute Gasteiger partial charge is 0.0110 e. The maximum atomic E-state index is 5.23. The van der Waals surface area contributed by atoms with Gasteiger partial charge in [-0.2, -0.15) is 0 Å². The first-order valence-electron chi connectivity index (χ1n) is 12.3. The molecule has 0 aromatic rings. The van der Waals surface area contributed by atoms with Crippen LogP contribution in [0.3, 0.4) is 0 Å². The molecule has 2 aliphatic heterocycles. The Bertz CT molecular complexity index is 333. The minimum absolute atomic E-state index is 0. The lowest BCUT2D eigenvalue weighted by Crippen LogP contribution is -2.44. The molecule has 5 heteroatoms. The Morgan fingerprint density at radius 1 is 0.606 bits per heavy atom. The molecule has 0 spiro atoms. The van der Waals surface area contributed by atoms with E-state index >= 15 is 0 Å². The lowest BCUT2D eigenvalue weighted by Gasteiger charge is -2.32. The van der Waals surface area contributed by atoms with Gasteiger partial charge in [-0.3, -0.25) is 0 Å². The third kappa shape index (κ3) is 29.8. The molecule has 5 nitrogen and oxygen atoms in total. The van der Waals surface area contributed by atoms with Crippen LogP contribution in [0.5, 0.6) is 0 Å². The van der Waals surface area contributed by atoms with E-state index in [2.05, 4.69) is 68.6 Å². The van der Waals surface area contributed by atoms with Crippen molar-refractivity contribution in [3.05, 3.63) is 0 Å². The van der Waals surface area contributed by atoms with Crippen LogP contribution >= 0.6 is 0 Å². The summed E-state index contributed by atoms with van der Waals surface area (Å²) in [5.74, 6) is 2.48. The van der Waals surface area contributed by atoms with Crippen LogP contribution in [0.4, 0.5) is 0 Å². The summed E-state index contributed by atoms with van der Waals surface area (Å²) in [6.07, 6.45) is 3.85. The molecule has 0 unspecified atom stereocenters. The molecule has 208 valence electrons. The highest BCUT2D eigenvalue weighted by Gasteiger charge is 2.13. The Morgan fingerprint density at radius 3 is 1.27 bits per heavy atom. The van der Waals surface area contributed by atoms with Crippen molar-refractivity contribution in [3.63, 3.8) is 0 Å². The number of hydrogen-bond donors (Lipinski definition) is 2. The van der Waals surface area contributed by atoms with Gasteiger partial charge >= 0.3 is 0 Å². The average molecular weight is 478 g/mol. The van der Waals surface area contributed by atoms with E-state index < -0.39 is 0 Å². The van der Waals surface area contributed by atoms with Crippen molar-refractivity contribution >= 4 is 0 Å². The molecule has 33 heavy (non-hydrogen) atoms. The van der Waals surface area contributed by atoms with Gasteiger partial charge in [0.25, 0.3) is 0 Å². The molecular formula is C28H71N5. The molecule has 0 amide bonds. The molecular weight excluding hydrogens is 406 g/mol. The topological polar surface area (TPSA) is 47.8 Å². The summed E-state index contributed by atoms with van der Waals surface area (Å²) >= 11 is 0. The van der Waals surface area contributed by atoms with Crippen molar-refractivity contribution < 1.29 is 0 Å². The van der Waals surface area contributed by atoms with Crippen molar-refractivity contribution in [2.24, 2.45) is 23.5 Å². The van der Waals surface area contributed by atoms with Crippen molar-refractivity contribution in [2.75, 3.05) is 79.0 Å². The van der Waals surface area contributed by atoms with Crippen LogP contribution in [-0.4, -0.2) is 93.7 Å². The van der Waals surface area contributed by atoms with Gasteiger partial charge in [-0.25, -0.2) is 0 Å². The number of nitrogens with two attached hydrogens (primary N) is 1. The number of rotatable bonds is 8. The largest absolute Gasteiger partial charge is 0.330 e. The van der Waals surface area contributed by atoms with E-state index in [4.69, 9.17) is 5.73 Å². The van der Waals surface area contributed by atoms with Gasteiger partial charge < -0.3 is 25.8 Å². The van der Waals surface area contributed by atoms with Gasteiger partial charge in [-0.15, -0.1) is 0 Å². The zero-order valence-electron chi connectivity index (χ0n) is 21.1. The fourth-order valence-corrected chi connectivity index (χ4v) is 3.22. The Kier molecular flexibility index (Phi) is 36.5.